The predicted molar refractivity (Wildman–Crippen MR) is 232 cm³/mol. The molecule has 0 saturated carbocycles. The molecule has 0 N–H and O–H groups in total. The van der Waals surface area contributed by atoms with Crippen LogP contribution >= 0.6 is 0 Å². The van der Waals surface area contributed by atoms with Crippen molar-refractivity contribution in [2.45, 2.75) is 149 Å². The summed E-state index contributed by atoms with van der Waals surface area (Å²) in [7, 11) is 11.8. The SMILES string of the molecule is C.C.CC.CC.CCC(C)(COC)COCC(F)(F)F.CCCCCOC.CCCCCOC.CCOCC(C)(COC)COC.COCC(C)(C)COC. The van der Waals surface area contributed by atoms with E-state index in [9.17, 15) is 13.2 Å². The summed E-state index contributed by atoms with van der Waals surface area (Å²) in [5.74, 6) is 0. The average molecular weight is 819 g/mol. The van der Waals surface area contributed by atoms with E-state index in [1.807, 2.05) is 48.5 Å². The lowest BCUT2D eigenvalue weighted by Crippen LogP contribution is -2.33. The van der Waals surface area contributed by atoms with Crippen LogP contribution in [0.3, 0.4) is 0 Å². The second-order valence-corrected chi connectivity index (χ2v) is 13.4. The Kier molecular flexibility index (Phi) is 79.1. The van der Waals surface area contributed by atoms with Crippen LogP contribution in [0.25, 0.3) is 0 Å². The number of halogens is 3. The van der Waals surface area contributed by atoms with Gasteiger partial charge in [0, 0.05) is 85.8 Å². The van der Waals surface area contributed by atoms with Crippen molar-refractivity contribution in [2.24, 2.45) is 16.2 Å². The minimum Gasteiger partial charge on any atom is -0.385 e. The first-order chi connectivity index (χ1) is 25.0. The zero-order chi connectivity index (χ0) is 43.1. The molecule has 0 bridgehead atoms. The molecule has 0 aliphatic heterocycles. The molecule has 348 valence electrons. The van der Waals surface area contributed by atoms with Gasteiger partial charge in [-0.1, -0.05) is 117 Å². The third-order valence-corrected chi connectivity index (χ3v) is 6.68. The lowest BCUT2D eigenvalue weighted by Gasteiger charge is -2.27. The van der Waals surface area contributed by atoms with Gasteiger partial charge in [-0.25, -0.2) is 0 Å². The van der Waals surface area contributed by atoms with Crippen molar-refractivity contribution >= 4 is 0 Å². The van der Waals surface area contributed by atoms with Gasteiger partial charge in [-0.05, 0) is 26.2 Å². The third kappa shape index (κ3) is 74.9. The van der Waals surface area contributed by atoms with Crippen molar-refractivity contribution in [3.8, 4) is 0 Å². The monoisotopic (exact) mass is 819 g/mol. The van der Waals surface area contributed by atoms with E-state index in [4.69, 9.17) is 37.9 Å². The number of hydrogen-bond donors (Lipinski definition) is 0. The Morgan fingerprint density at radius 1 is 0.400 bits per heavy atom. The first-order valence-electron chi connectivity index (χ1n) is 19.6. The quantitative estimate of drug-likeness (QED) is 0.0836. The number of rotatable bonds is 25. The highest BCUT2D eigenvalue weighted by molar-refractivity contribution is 4.73. The highest BCUT2D eigenvalue weighted by atomic mass is 19.4. The summed E-state index contributed by atoms with van der Waals surface area (Å²) in [4.78, 5) is 0. The lowest BCUT2D eigenvalue weighted by molar-refractivity contribution is -0.182. The van der Waals surface area contributed by atoms with Crippen LogP contribution in [0.4, 0.5) is 13.2 Å². The highest BCUT2D eigenvalue weighted by Crippen LogP contribution is 2.23. The van der Waals surface area contributed by atoms with Gasteiger partial charge in [0.05, 0.1) is 46.2 Å². The normalized spacial score (nSPS) is 11.5. The maximum atomic E-state index is 11.8. The molecule has 0 heterocycles. The first kappa shape index (κ1) is 75.3. The number of alkyl halides is 3. The van der Waals surface area contributed by atoms with Gasteiger partial charge >= 0.3 is 6.18 Å². The van der Waals surface area contributed by atoms with E-state index in [-0.39, 0.29) is 37.7 Å². The number of hydrogen-bond acceptors (Lipinski definition) is 9. The minimum atomic E-state index is -4.25. The van der Waals surface area contributed by atoms with Crippen molar-refractivity contribution in [2.75, 3.05) is 122 Å². The van der Waals surface area contributed by atoms with Crippen molar-refractivity contribution < 1.29 is 55.8 Å². The molecule has 0 aromatic rings. The Morgan fingerprint density at radius 2 is 0.727 bits per heavy atom. The Bertz CT molecular complexity index is 582. The topological polar surface area (TPSA) is 83.1 Å². The molecule has 0 rings (SSSR count). The summed E-state index contributed by atoms with van der Waals surface area (Å²) in [5.41, 5.74) is -0.191. The molecule has 55 heavy (non-hydrogen) atoms. The van der Waals surface area contributed by atoms with Gasteiger partial charge in [0.25, 0.3) is 0 Å². The van der Waals surface area contributed by atoms with E-state index in [0.29, 0.717) is 26.4 Å². The Labute approximate surface area is 343 Å². The van der Waals surface area contributed by atoms with Crippen LogP contribution in [-0.2, 0) is 42.6 Å². The molecule has 0 aliphatic carbocycles. The lowest BCUT2D eigenvalue weighted by atomic mass is 9.90. The van der Waals surface area contributed by atoms with E-state index < -0.39 is 12.8 Å². The van der Waals surface area contributed by atoms with Crippen LogP contribution in [0, 0.1) is 16.2 Å². The Hall–Kier alpha value is -0.570. The molecular formula is C43H101F3O9. The molecule has 0 saturated heterocycles. The van der Waals surface area contributed by atoms with E-state index >= 15 is 0 Å². The Morgan fingerprint density at radius 3 is 0.982 bits per heavy atom. The predicted octanol–water partition coefficient (Wildman–Crippen LogP) is 12.2. The third-order valence-electron chi connectivity index (χ3n) is 6.68. The molecule has 0 fully saturated rings. The van der Waals surface area contributed by atoms with Crippen molar-refractivity contribution in [1.29, 1.82) is 0 Å². The number of methoxy groups -OCH3 is 7. The smallest absolute Gasteiger partial charge is 0.385 e. The van der Waals surface area contributed by atoms with Gasteiger partial charge in [-0.2, -0.15) is 13.2 Å². The highest BCUT2D eigenvalue weighted by Gasteiger charge is 2.30. The van der Waals surface area contributed by atoms with E-state index in [1.54, 1.807) is 42.7 Å². The fourth-order valence-corrected chi connectivity index (χ4v) is 3.99. The van der Waals surface area contributed by atoms with Crippen LogP contribution in [0.5, 0.6) is 0 Å². The molecule has 0 spiro atoms. The van der Waals surface area contributed by atoms with Gasteiger partial charge in [-0.15, -0.1) is 0 Å². The van der Waals surface area contributed by atoms with E-state index in [0.717, 1.165) is 39.5 Å². The number of ether oxygens (including phenoxy) is 9. The summed E-state index contributed by atoms with van der Waals surface area (Å²) in [6.07, 6.45) is 4.06. The number of unbranched alkanes of at least 4 members (excludes halogenated alkanes) is 4. The molecule has 0 amide bonds. The average Bonchev–Trinajstić information content (AvgIpc) is 3.10. The maximum Gasteiger partial charge on any atom is 0.411 e. The zero-order valence-corrected chi connectivity index (χ0v) is 38.5. The Balaban J connectivity index is -0.0000000680. The van der Waals surface area contributed by atoms with Crippen LogP contribution in [0.15, 0.2) is 0 Å². The standard InChI is InChI=1S/C9H17F3O2.C9H20O3.C7H16O2.2C6H14O.2C2H6.2CH4/c1-4-8(2,5-13-3)6-14-7-9(10,11)12;1-5-12-8-9(2,6-10-3)7-11-4;1-7(2,5-8-3)6-9-4;2*1-3-4-5-6-7-2;2*1-2;;/h4-7H2,1-3H3;5-8H2,1-4H3;5-6H2,1-4H3;2*3-6H2,1-2H3;2*1-2H3;2*1H4. The van der Waals surface area contributed by atoms with Crippen LogP contribution in [-0.4, -0.2) is 129 Å². The van der Waals surface area contributed by atoms with Crippen LogP contribution in [0.2, 0.25) is 0 Å². The molecule has 0 aromatic heterocycles. The van der Waals surface area contributed by atoms with Gasteiger partial charge in [0.2, 0.25) is 0 Å². The second-order valence-electron chi connectivity index (χ2n) is 13.4. The maximum absolute atomic E-state index is 11.8. The molecule has 0 aliphatic rings. The van der Waals surface area contributed by atoms with Crippen molar-refractivity contribution in [3.05, 3.63) is 0 Å². The molecule has 0 aromatic carbocycles. The van der Waals surface area contributed by atoms with E-state index in [1.165, 1.54) is 45.6 Å². The summed E-state index contributed by atoms with van der Waals surface area (Å²) in [6, 6.07) is 0. The van der Waals surface area contributed by atoms with Gasteiger partial charge in [0.15, 0.2) is 0 Å². The summed E-state index contributed by atoms with van der Waals surface area (Å²) in [6.45, 7) is 29.8. The van der Waals surface area contributed by atoms with Crippen molar-refractivity contribution in [3.63, 3.8) is 0 Å². The molecule has 1 atom stereocenters. The molecule has 0 radical (unpaired) electrons. The fourth-order valence-electron chi connectivity index (χ4n) is 3.99. The van der Waals surface area contributed by atoms with Crippen LogP contribution in [0.1, 0.15) is 143 Å². The summed E-state index contributed by atoms with van der Waals surface area (Å²) < 4.78 is 80.0. The second kappa shape index (κ2) is 57.8. The van der Waals surface area contributed by atoms with Gasteiger partial charge in [0.1, 0.15) is 6.61 Å². The molecule has 9 nitrogen and oxygen atoms in total. The largest absolute Gasteiger partial charge is 0.411 e. The first-order valence-corrected chi connectivity index (χ1v) is 19.6. The van der Waals surface area contributed by atoms with E-state index in [2.05, 4.69) is 39.4 Å². The summed E-state index contributed by atoms with van der Waals surface area (Å²) >= 11 is 0. The minimum absolute atomic E-state index is 0. The zero-order valence-electron chi connectivity index (χ0n) is 38.5. The fraction of sp³-hybridized carbons (Fsp3) is 1.00. The molecular weight excluding hydrogens is 717 g/mol. The summed E-state index contributed by atoms with van der Waals surface area (Å²) in [5, 5.41) is 0. The molecule has 1 unspecified atom stereocenters. The van der Waals surface area contributed by atoms with Gasteiger partial charge in [-0.3, -0.25) is 0 Å². The van der Waals surface area contributed by atoms with Crippen LogP contribution < -0.4 is 0 Å². The van der Waals surface area contributed by atoms with Gasteiger partial charge < -0.3 is 42.6 Å². The molecule has 12 heteroatoms. The van der Waals surface area contributed by atoms with Crippen molar-refractivity contribution in [1.82, 2.24) is 0 Å².